The number of rotatable bonds is 3. The zero-order valence-corrected chi connectivity index (χ0v) is 10.5. The number of carbonyl (C=O) groups is 1. The smallest absolute Gasteiger partial charge is 0.291 e. The summed E-state index contributed by atoms with van der Waals surface area (Å²) in [7, 11) is 0. The summed E-state index contributed by atoms with van der Waals surface area (Å²) in [6, 6.07) is 7.83. The Kier molecular flexibility index (Phi) is 3.58. The lowest BCUT2D eigenvalue weighted by Gasteiger charge is -2.04. The average Bonchev–Trinajstić information content (AvgIpc) is 2.82. The number of hydrogen-bond acceptors (Lipinski definition) is 3. The van der Waals surface area contributed by atoms with Crippen molar-refractivity contribution < 1.29 is 14.3 Å². The van der Waals surface area contributed by atoms with E-state index in [1.807, 2.05) is 6.92 Å². The number of nitrogens with one attached hydrogen (secondary N) is 1. The summed E-state index contributed by atoms with van der Waals surface area (Å²) in [5.41, 5.74) is 0.497. The van der Waals surface area contributed by atoms with Gasteiger partial charge in [-0.15, -0.1) is 0 Å². The van der Waals surface area contributed by atoms with Crippen molar-refractivity contribution in [2.75, 3.05) is 5.32 Å². The van der Waals surface area contributed by atoms with Gasteiger partial charge in [0.25, 0.3) is 5.91 Å². The highest BCUT2D eigenvalue weighted by Crippen LogP contribution is 2.26. The van der Waals surface area contributed by atoms with Crippen LogP contribution in [0.15, 0.2) is 34.7 Å². The van der Waals surface area contributed by atoms with Crippen molar-refractivity contribution in [3.05, 3.63) is 46.9 Å². The quantitative estimate of drug-likeness (QED) is 0.836. The van der Waals surface area contributed by atoms with Gasteiger partial charge < -0.3 is 14.8 Å². The molecule has 0 atom stereocenters. The molecular weight excluding hydrogens is 254 g/mol. The molecular formula is C13H12ClNO3. The summed E-state index contributed by atoms with van der Waals surface area (Å²) in [6.45, 7) is 1.94. The summed E-state index contributed by atoms with van der Waals surface area (Å²) in [6.07, 6.45) is 0.734. The second-order valence-corrected chi connectivity index (χ2v) is 4.15. The van der Waals surface area contributed by atoms with E-state index in [1.54, 1.807) is 18.2 Å². The Labute approximate surface area is 109 Å². The van der Waals surface area contributed by atoms with E-state index in [0.717, 1.165) is 12.2 Å². The number of aromatic hydroxyl groups is 1. The molecule has 0 aliphatic heterocycles. The first-order valence-corrected chi connectivity index (χ1v) is 5.86. The molecule has 0 spiro atoms. The highest BCUT2D eigenvalue weighted by atomic mass is 35.5. The third-order valence-electron chi connectivity index (χ3n) is 2.44. The lowest BCUT2D eigenvalue weighted by molar-refractivity contribution is 0.0995. The van der Waals surface area contributed by atoms with Crippen molar-refractivity contribution in [2.24, 2.45) is 0 Å². The molecule has 2 N–H and O–H groups in total. The molecule has 2 rings (SSSR count). The van der Waals surface area contributed by atoms with Gasteiger partial charge in [-0.3, -0.25) is 4.79 Å². The van der Waals surface area contributed by atoms with Crippen LogP contribution in [0.4, 0.5) is 5.69 Å². The fraction of sp³-hybridized carbons (Fsp3) is 0.154. The second kappa shape index (κ2) is 5.14. The summed E-state index contributed by atoms with van der Waals surface area (Å²) in [4.78, 5) is 11.8. The van der Waals surface area contributed by atoms with Crippen LogP contribution in [0.25, 0.3) is 0 Å². The van der Waals surface area contributed by atoms with E-state index in [1.165, 1.54) is 12.1 Å². The number of phenolic OH excluding ortho intramolecular Hbond substituents is 1. The van der Waals surface area contributed by atoms with E-state index in [0.29, 0.717) is 5.69 Å². The molecule has 0 unspecified atom stereocenters. The van der Waals surface area contributed by atoms with Crippen molar-refractivity contribution in [2.45, 2.75) is 13.3 Å². The van der Waals surface area contributed by atoms with E-state index in [-0.39, 0.29) is 22.4 Å². The van der Waals surface area contributed by atoms with Crippen molar-refractivity contribution >= 4 is 23.2 Å². The number of hydrogen-bond donors (Lipinski definition) is 2. The van der Waals surface area contributed by atoms with Crippen LogP contribution in [0.1, 0.15) is 23.2 Å². The van der Waals surface area contributed by atoms with Crippen LogP contribution < -0.4 is 5.32 Å². The Bertz CT molecular complexity index is 577. The zero-order valence-electron chi connectivity index (χ0n) is 9.74. The first kappa shape index (κ1) is 12.5. The van der Waals surface area contributed by atoms with Gasteiger partial charge in [0.05, 0.1) is 5.02 Å². The molecule has 94 valence electrons. The van der Waals surface area contributed by atoms with Crippen LogP contribution >= 0.6 is 11.6 Å². The summed E-state index contributed by atoms with van der Waals surface area (Å²) < 4.78 is 5.33. The highest BCUT2D eigenvalue weighted by molar-refractivity contribution is 6.32. The first-order valence-electron chi connectivity index (χ1n) is 5.48. The van der Waals surface area contributed by atoms with Gasteiger partial charge in [0, 0.05) is 12.1 Å². The SMILES string of the molecule is CCc1ccc(C(=O)Nc2ccc(O)c(Cl)c2)o1. The number of carbonyl (C=O) groups excluding carboxylic acids is 1. The minimum Gasteiger partial charge on any atom is -0.506 e. The fourth-order valence-electron chi connectivity index (χ4n) is 1.47. The van der Waals surface area contributed by atoms with E-state index >= 15 is 0 Å². The molecule has 0 fully saturated rings. The highest BCUT2D eigenvalue weighted by Gasteiger charge is 2.11. The molecule has 4 nitrogen and oxygen atoms in total. The number of furan rings is 1. The molecule has 0 bridgehead atoms. The van der Waals surface area contributed by atoms with Gasteiger partial charge in [0.15, 0.2) is 5.76 Å². The Balaban J connectivity index is 2.13. The summed E-state index contributed by atoms with van der Waals surface area (Å²) in [5.74, 6) is 0.623. The number of amides is 1. The monoisotopic (exact) mass is 265 g/mol. The molecule has 0 radical (unpaired) electrons. The number of benzene rings is 1. The molecule has 0 saturated heterocycles. The van der Waals surface area contributed by atoms with Crippen LogP contribution in [0.3, 0.4) is 0 Å². The van der Waals surface area contributed by atoms with E-state index in [9.17, 15) is 9.90 Å². The van der Waals surface area contributed by atoms with E-state index in [2.05, 4.69) is 5.32 Å². The molecule has 0 aliphatic carbocycles. The van der Waals surface area contributed by atoms with Crippen LogP contribution in [0.5, 0.6) is 5.75 Å². The van der Waals surface area contributed by atoms with Gasteiger partial charge in [-0.1, -0.05) is 18.5 Å². The predicted molar refractivity (Wildman–Crippen MR) is 69.2 cm³/mol. The maximum absolute atomic E-state index is 11.8. The van der Waals surface area contributed by atoms with Gasteiger partial charge in [0.2, 0.25) is 0 Å². The summed E-state index contributed by atoms with van der Waals surface area (Å²) in [5, 5.41) is 12.1. The minimum atomic E-state index is -0.351. The topological polar surface area (TPSA) is 62.5 Å². The molecule has 0 saturated carbocycles. The lowest BCUT2D eigenvalue weighted by Crippen LogP contribution is -2.10. The van der Waals surface area contributed by atoms with Crippen molar-refractivity contribution in [3.8, 4) is 5.75 Å². The number of phenols is 1. The van der Waals surface area contributed by atoms with Crippen molar-refractivity contribution in [3.63, 3.8) is 0 Å². The van der Waals surface area contributed by atoms with Gasteiger partial charge >= 0.3 is 0 Å². The number of anilines is 1. The molecule has 1 aromatic carbocycles. The van der Waals surface area contributed by atoms with Crippen LogP contribution in [-0.2, 0) is 6.42 Å². The molecule has 1 aromatic heterocycles. The summed E-state index contributed by atoms with van der Waals surface area (Å²) >= 11 is 5.75. The zero-order chi connectivity index (χ0) is 13.1. The van der Waals surface area contributed by atoms with Gasteiger partial charge in [-0.2, -0.15) is 0 Å². The van der Waals surface area contributed by atoms with E-state index < -0.39 is 0 Å². The molecule has 2 aromatic rings. The van der Waals surface area contributed by atoms with Crippen molar-refractivity contribution in [1.82, 2.24) is 0 Å². The van der Waals surface area contributed by atoms with Gasteiger partial charge in [-0.05, 0) is 30.3 Å². The maximum atomic E-state index is 11.8. The van der Waals surface area contributed by atoms with E-state index in [4.69, 9.17) is 16.0 Å². The third kappa shape index (κ3) is 2.65. The Morgan fingerprint density at radius 1 is 1.39 bits per heavy atom. The predicted octanol–water partition coefficient (Wildman–Crippen LogP) is 3.45. The molecule has 5 heteroatoms. The first-order chi connectivity index (χ1) is 8.60. The van der Waals surface area contributed by atoms with Crippen LogP contribution in [0.2, 0.25) is 5.02 Å². The second-order valence-electron chi connectivity index (χ2n) is 3.74. The molecule has 0 aliphatic rings. The Hall–Kier alpha value is -1.94. The maximum Gasteiger partial charge on any atom is 0.291 e. The normalized spacial score (nSPS) is 10.3. The van der Waals surface area contributed by atoms with Crippen LogP contribution in [-0.4, -0.2) is 11.0 Å². The Morgan fingerprint density at radius 3 is 2.78 bits per heavy atom. The largest absolute Gasteiger partial charge is 0.506 e. The number of halogens is 1. The lowest BCUT2D eigenvalue weighted by atomic mass is 10.3. The molecule has 1 heterocycles. The minimum absolute atomic E-state index is 0.0269. The molecule has 1 amide bonds. The number of aryl methyl sites for hydroxylation is 1. The average molecular weight is 266 g/mol. The van der Waals surface area contributed by atoms with Gasteiger partial charge in [0.1, 0.15) is 11.5 Å². The standard InChI is InChI=1S/C13H12ClNO3/c1-2-9-4-6-12(18-9)13(17)15-8-3-5-11(16)10(14)7-8/h3-7,16H,2H2,1H3,(H,15,17). The van der Waals surface area contributed by atoms with Crippen molar-refractivity contribution in [1.29, 1.82) is 0 Å². The third-order valence-corrected chi connectivity index (χ3v) is 2.74. The Morgan fingerprint density at radius 2 is 2.17 bits per heavy atom. The van der Waals surface area contributed by atoms with Crippen LogP contribution in [0, 0.1) is 0 Å². The van der Waals surface area contributed by atoms with Gasteiger partial charge in [-0.25, -0.2) is 0 Å². The molecule has 18 heavy (non-hydrogen) atoms. The fourth-order valence-corrected chi connectivity index (χ4v) is 1.65.